The maximum absolute atomic E-state index is 12.1. The molecule has 27 heavy (non-hydrogen) atoms. The highest BCUT2D eigenvalue weighted by atomic mass is 16.5. The predicted molar refractivity (Wildman–Crippen MR) is 103 cm³/mol. The molecule has 1 atom stereocenters. The Bertz CT molecular complexity index is 1030. The fraction of sp³-hybridized carbons (Fsp3) is 0.350. The Balaban J connectivity index is 1.71. The highest BCUT2D eigenvalue weighted by Gasteiger charge is 2.24. The second-order valence-corrected chi connectivity index (χ2v) is 6.83. The van der Waals surface area contributed by atoms with Crippen molar-refractivity contribution in [2.75, 3.05) is 11.9 Å². The van der Waals surface area contributed by atoms with Crippen LogP contribution in [0, 0.1) is 12.8 Å². The second kappa shape index (κ2) is 6.90. The molecule has 0 saturated carbocycles. The number of anilines is 2. The van der Waals surface area contributed by atoms with Gasteiger partial charge in [-0.3, -0.25) is 10.1 Å². The number of aryl methyl sites for hydroxylation is 1. The number of nitrogens with one attached hydrogen (secondary N) is 1. The number of Topliss-reactive ketones (excluding diaryl/α,β-unsaturated/α-hetero) is 1. The Labute approximate surface area is 157 Å². The van der Waals surface area contributed by atoms with Gasteiger partial charge in [-0.25, -0.2) is 19.9 Å². The molecule has 1 aliphatic carbocycles. The van der Waals surface area contributed by atoms with Gasteiger partial charge in [0.05, 0.1) is 23.6 Å². The van der Waals surface area contributed by atoms with Gasteiger partial charge < -0.3 is 4.74 Å². The lowest BCUT2D eigenvalue weighted by atomic mass is 9.88. The minimum Gasteiger partial charge on any atom is -0.492 e. The molecular weight excluding hydrogens is 342 g/mol. The van der Waals surface area contributed by atoms with Gasteiger partial charge in [0, 0.05) is 18.0 Å². The van der Waals surface area contributed by atoms with Crippen LogP contribution in [0.5, 0.6) is 5.75 Å². The maximum atomic E-state index is 12.1. The number of hydrogen-bond donors (Lipinski definition) is 1. The van der Waals surface area contributed by atoms with Crippen molar-refractivity contribution < 1.29 is 9.53 Å². The fourth-order valence-corrected chi connectivity index (χ4v) is 3.40. The molecular formula is C20H21N5O2. The van der Waals surface area contributed by atoms with E-state index in [1.54, 1.807) is 6.20 Å². The van der Waals surface area contributed by atoms with Crippen LogP contribution in [0.3, 0.4) is 0 Å². The lowest BCUT2D eigenvalue weighted by molar-refractivity contribution is 0.0951. The van der Waals surface area contributed by atoms with E-state index in [-0.39, 0.29) is 5.78 Å². The molecule has 0 bridgehead atoms. The summed E-state index contributed by atoms with van der Waals surface area (Å²) >= 11 is 0. The molecule has 4 rings (SSSR count). The zero-order valence-corrected chi connectivity index (χ0v) is 15.6. The number of ketones is 1. The third-order valence-electron chi connectivity index (χ3n) is 4.65. The van der Waals surface area contributed by atoms with E-state index >= 15 is 0 Å². The van der Waals surface area contributed by atoms with Crippen LogP contribution in [0.4, 0.5) is 11.9 Å². The molecule has 0 aliphatic heterocycles. The number of carbonyl (C=O) groups is 1. The first-order valence-electron chi connectivity index (χ1n) is 9.11. The third kappa shape index (κ3) is 3.32. The topological polar surface area (TPSA) is 89.9 Å². The summed E-state index contributed by atoms with van der Waals surface area (Å²) in [6.07, 6.45) is 2.92. The van der Waals surface area contributed by atoms with Gasteiger partial charge in [0.2, 0.25) is 11.9 Å². The highest BCUT2D eigenvalue weighted by Crippen LogP contribution is 2.28. The van der Waals surface area contributed by atoms with E-state index in [1.807, 2.05) is 32.0 Å². The van der Waals surface area contributed by atoms with Crippen molar-refractivity contribution in [2.24, 2.45) is 5.92 Å². The molecule has 2 heterocycles. The average Bonchev–Trinajstić information content (AvgIpc) is 2.62. The molecule has 0 saturated heterocycles. The number of benzene rings is 1. The first-order chi connectivity index (χ1) is 13.0. The van der Waals surface area contributed by atoms with Crippen LogP contribution in [0.25, 0.3) is 10.9 Å². The first-order valence-corrected chi connectivity index (χ1v) is 9.11. The zero-order chi connectivity index (χ0) is 19.0. The third-order valence-corrected chi connectivity index (χ3v) is 4.65. The van der Waals surface area contributed by atoms with Crippen LogP contribution in [-0.2, 0) is 6.42 Å². The number of fused-ring (bicyclic) bond motifs is 2. The first kappa shape index (κ1) is 17.3. The molecule has 7 nitrogen and oxygen atoms in total. The summed E-state index contributed by atoms with van der Waals surface area (Å²) in [7, 11) is 0. The lowest BCUT2D eigenvalue weighted by Crippen LogP contribution is -2.20. The number of carbonyl (C=O) groups excluding carboxylic acids is 1. The summed E-state index contributed by atoms with van der Waals surface area (Å²) in [5.41, 5.74) is 2.98. The summed E-state index contributed by atoms with van der Waals surface area (Å²) in [6, 6.07) is 5.80. The van der Waals surface area contributed by atoms with Crippen LogP contribution in [0.2, 0.25) is 0 Å². The Morgan fingerprint density at radius 2 is 2.04 bits per heavy atom. The van der Waals surface area contributed by atoms with Gasteiger partial charge in [-0.2, -0.15) is 0 Å². The Hall–Kier alpha value is -3.09. The minimum absolute atomic E-state index is 0.106. The van der Waals surface area contributed by atoms with E-state index in [9.17, 15) is 4.79 Å². The summed E-state index contributed by atoms with van der Waals surface area (Å²) in [4.78, 5) is 30.0. The van der Waals surface area contributed by atoms with E-state index in [0.717, 1.165) is 28.7 Å². The van der Waals surface area contributed by atoms with Crippen LogP contribution < -0.4 is 10.1 Å². The van der Waals surface area contributed by atoms with Crippen LogP contribution >= 0.6 is 0 Å². The summed E-state index contributed by atoms with van der Waals surface area (Å²) < 4.78 is 5.69. The molecule has 7 heteroatoms. The molecule has 0 amide bonds. The number of para-hydroxylation sites is 1. The summed E-state index contributed by atoms with van der Waals surface area (Å²) in [5.74, 6) is 1.91. The van der Waals surface area contributed by atoms with Crippen LogP contribution in [0.15, 0.2) is 24.4 Å². The smallest absolute Gasteiger partial charge is 0.230 e. The lowest BCUT2D eigenvalue weighted by Gasteiger charge is -2.19. The Morgan fingerprint density at radius 3 is 2.85 bits per heavy atom. The SMILES string of the molecule is CCOc1cccc2c(C)nc(Nc3ncc4c(n3)C[C@H](C)CC4=O)nc12. The summed E-state index contributed by atoms with van der Waals surface area (Å²) in [6.45, 7) is 6.49. The van der Waals surface area contributed by atoms with E-state index in [2.05, 4.69) is 32.2 Å². The second-order valence-electron chi connectivity index (χ2n) is 6.83. The van der Waals surface area contributed by atoms with Crippen molar-refractivity contribution in [1.82, 2.24) is 19.9 Å². The number of rotatable bonds is 4. The molecule has 3 aromatic rings. The molecule has 0 fully saturated rings. The van der Waals surface area contributed by atoms with Gasteiger partial charge in [-0.05, 0) is 32.3 Å². The van der Waals surface area contributed by atoms with Gasteiger partial charge in [0.1, 0.15) is 11.3 Å². The standard InChI is InChI=1S/C20H21N5O2/c1-4-27-17-7-5-6-13-12(3)22-20(24-18(13)17)25-19-21-10-14-15(23-19)8-11(2)9-16(14)26/h5-7,10-11H,4,8-9H2,1-3H3,(H,21,22,23,24,25)/t11-/m0/s1. The van der Waals surface area contributed by atoms with Gasteiger partial charge in [0.25, 0.3) is 0 Å². The molecule has 0 spiro atoms. The molecule has 1 N–H and O–H groups in total. The molecule has 2 aromatic heterocycles. The van der Waals surface area contributed by atoms with E-state index in [4.69, 9.17) is 4.74 Å². The number of hydrogen-bond acceptors (Lipinski definition) is 7. The Kier molecular flexibility index (Phi) is 4.43. The van der Waals surface area contributed by atoms with Gasteiger partial charge >= 0.3 is 0 Å². The normalized spacial score (nSPS) is 16.3. The minimum atomic E-state index is 0.106. The predicted octanol–water partition coefficient (Wildman–Crippen LogP) is 3.64. The van der Waals surface area contributed by atoms with Gasteiger partial charge in [0.15, 0.2) is 5.78 Å². The summed E-state index contributed by atoms with van der Waals surface area (Å²) in [5, 5.41) is 4.02. The van der Waals surface area contributed by atoms with Crippen molar-refractivity contribution in [3.05, 3.63) is 41.3 Å². The van der Waals surface area contributed by atoms with Gasteiger partial charge in [-0.15, -0.1) is 0 Å². The maximum Gasteiger partial charge on any atom is 0.230 e. The van der Waals surface area contributed by atoms with Crippen molar-refractivity contribution in [3.63, 3.8) is 0 Å². The zero-order valence-electron chi connectivity index (χ0n) is 15.6. The average molecular weight is 363 g/mol. The number of nitrogens with zero attached hydrogens (tertiary/aromatic N) is 4. The molecule has 1 aliphatic rings. The van der Waals surface area contributed by atoms with Crippen molar-refractivity contribution in [2.45, 2.75) is 33.6 Å². The monoisotopic (exact) mass is 363 g/mol. The van der Waals surface area contributed by atoms with Gasteiger partial charge in [-0.1, -0.05) is 19.1 Å². The van der Waals surface area contributed by atoms with Crippen LogP contribution in [-0.4, -0.2) is 32.3 Å². The number of aromatic nitrogens is 4. The van der Waals surface area contributed by atoms with E-state index in [1.165, 1.54) is 0 Å². The molecule has 1 aromatic carbocycles. The largest absolute Gasteiger partial charge is 0.492 e. The number of ether oxygens (including phenoxy) is 1. The Morgan fingerprint density at radius 1 is 1.19 bits per heavy atom. The van der Waals surface area contributed by atoms with E-state index < -0.39 is 0 Å². The van der Waals surface area contributed by atoms with E-state index in [0.29, 0.717) is 42.2 Å². The van der Waals surface area contributed by atoms with Crippen molar-refractivity contribution in [3.8, 4) is 5.75 Å². The molecule has 138 valence electrons. The quantitative estimate of drug-likeness (QED) is 0.757. The molecule has 0 unspecified atom stereocenters. The highest BCUT2D eigenvalue weighted by molar-refractivity contribution is 5.98. The van der Waals surface area contributed by atoms with Crippen molar-refractivity contribution >= 4 is 28.6 Å². The molecule has 0 radical (unpaired) electrons. The fourth-order valence-electron chi connectivity index (χ4n) is 3.40. The van der Waals surface area contributed by atoms with Crippen LogP contribution in [0.1, 0.15) is 42.0 Å². The van der Waals surface area contributed by atoms with Crippen molar-refractivity contribution in [1.29, 1.82) is 0 Å².